The molecule has 1 heterocycles. The fourth-order valence-corrected chi connectivity index (χ4v) is 1.32. The van der Waals surface area contributed by atoms with Gasteiger partial charge >= 0.3 is 0 Å². The van der Waals surface area contributed by atoms with Gasteiger partial charge in [-0.15, -0.1) is 0 Å². The molecule has 3 unspecified atom stereocenters. The number of hydrogen-bond donors (Lipinski definition) is 0. The smallest absolute Gasteiger partial charge is 0.0964 e. The van der Waals surface area contributed by atoms with Crippen molar-refractivity contribution in [1.82, 2.24) is 0 Å². The van der Waals surface area contributed by atoms with Gasteiger partial charge in [0.25, 0.3) is 0 Å². The Labute approximate surface area is 49.8 Å². The third-order valence-corrected chi connectivity index (χ3v) is 2.35. The van der Waals surface area contributed by atoms with Crippen molar-refractivity contribution in [2.24, 2.45) is 16.8 Å². The first-order chi connectivity index (χ1) is 3.84. The molecule has 1 heteroatoms. The van der Waals surface area contributed by atoms with Crippen molar-refractivity contribution < 1.29 is 0 Å². The first-order valence-corrected chi connectivity index (χ1v) is 3.42. The third kappa shape index (κ3) is 0.396. The molecule has 0 bridgehead atoms. The maximum absolute atomic E-state index is 4.17. The third-order valence-electron chi connectivity index (χ3n) is 2.35. The number of rotatable bonds is 2. The van der Waals surface area contributed by atoms with Crippen LogP contribution in [0.3, 0.4) is 0 Å². The van der Waals surface area contributed by atoms with E-state index < -0.39 is 0 Å². The predicted octanol–water partition coefficient (Wildman–Crippen LogP) is 1.49. The Balaban J connectivity index is 1.90. The minimum Gasteiger partial charge on any atom is -0.281 e. The van der Waals surface area contributed by atoms with Gasteiger partial charge in [-0.25, -0.2) is 0 Å². The minimum absolute atomic E-state index is 0.755. The van der Waals surface area contributed by atoms with Gasteiger partial charge in [0.1, 0.15) is 0 Å². The van der Waals surface area contributed by atoms with E-state index in [1.165, 1.54) is 12.1 Å². The van der Waals surface area contributed by atoms with E-state index in [-0.39, 0.29) is 0 Å². The van der Waals surface area contributed by atoms with Gasteiger partial charge in [0.15, 0.2) is 0 Å². The summed E-state index contributed by atoms with van der Waals surface area (Å²) in [5.41, 5.74) is 1.51. The quantitative estimate of drug-likeness (QED) is 0.509. The van der Waals surface area contributed by atoms with Gasteiger partial charge in [-0.05, 0) is 5.92 Å². The van der Waals surface area contributed by atoms with Crippen LogP contribution in [0.1, 0.15) is 20.3 Å². The molecule has 1 aliphatic heterocycles. The lowest BCUT2D eigenvalue weighted by Gasteiger charge is -2.04. The first-order valence-electron chi connectivity index (χ1n) is 3.42. The van der Waals surface area contributed by atoms with E-state index in [1.807, 2.05) is 0 Å². The lowest BCUT2D eigenvalue weighted by molar-refractivity contribution is 0.489. The van der Waals surface area contributed by atoms with Crippen LogP contribution in [0, 0.1) is 11.8 Å². The van der Waals surface area contributed by atoms with E-state index in [1.54, 1.807) is 0 Å². The molecule has 0 aromatic carbocycles. The van der Waals surface area contributed by atoms with E-state index in [0.29, 0.717) is 0 Å². The zero-order chi connectivity index (χ0) is 5.72. The Morgan fingerprint density at radius 3 is 2.50 bits per heavy atom. The average molecular weight is 109 g/mol. The number of nitrogens with zero attached hydrogens (tertiary/aromatic N) is 1. The maximum Gasteiger partial charge on any atom is 0.0964 e. The molecule has 2 aliphatic rings. The average Bonchev–Trinajstić information content (AvgIpc) is 2.47. The van der Waals surface area contributed by atoms with Crippen LogP contribution < -0.4 is 0 Å². The van der Waals surface area contributed by atoms with Crippen molar-refractivity contribution in [3.8, 4) is 0 Å². The number of aliphatic imine (C=N–C) groups is 1. The standard InChI is InChI=1S/C7H11N/c1-3-4(2)5-6-7(5)8-6/h4-6H,3H2,1-2H3. The van der Waals surface area contributed by atoms with Gasteiger partial charge < -0.3 is 0 Å². The van der Waals surface area contributed by atoms with Crippen molar-refractivity contribution >= 4 is 5.71 Å². The summed E-state index contributed by atoms with van der Waals surface area (Å²) in [6.07, 6.45) is 1.32. The summed E-state index contributed by atoms with van der Waals surface area (Å²) < 4.78 is 0. The largest absolute Gasteiger partial charge is 0.281 e. The van der Waals surface area contributed by atoms with E-state index >= 15 is 0 Å². The van der Waals surface area contributed by atoms with Crippen molar-refractivity contribution in [3.63, 3.8) is 0 Å². The van der Waals surface area contributed by atoms with Crippen molar-refractivity contribution in [1.29, 1.82) is 0 Å². The van der Waals surface area contributed by atoms with E-state index in [0.717, 1.165) is 17.9 Å². The van der Waals surface area contributed by atoms with Gasteiger partial charge in [0.05, 0.1) is 6.04 Å². The summed E-state index contributed by atoms with van der Waals surface area (Å²) >= 11 is 0. The van der Waals surface area contributed by atoms with Gasteiger partial charge in [-0.3, -0.25) is 4.99 Å². The molecular weight excluding hydrogens is 98.1 g/mol. The number of fused-ring (bicyclic) bond motifs is 1. The SMILES string of the molecule is CCC(C)C1C2=NC21. The second-order valence-electron chi connectivity index (χ2n) is 2.91. The van der Waals surface area contributed by atoms with Crippen LogP contribution in [0.15, 0.2) is 4.99 Å². The highest BCUT2D eigenvalue weighted by Gasteiger charge is 2.59. The summed E-state index contributed by atoms with van der Waals surface area (Å²) in [4.78, 5) is 4.17. The van der Waals surface area contributed by atoms with Crippen molar-refractivity contribution in [2.45, 2.75) is 26.3 Å². The predicted molar refractivity (Wildman–Crippen MR) is 34.2 cm³/mol. The van der Waals surface area contributed by atoms with E-state index in [9.17, 15) is 0 Å². The Kier molecular flexibility index (Phi) is 0.651. The van der Waals surface area contributed by atoms with E-state index in [4.69, 9.17) is 0 Å². The van der Waals surface area contributed by atoms with Gasteiger partial charge in [-0.1, -0.05) is 20.3 Å². The minimum atomic E-state index is 0.755. The highest BCUT2D eigenvalue weighted by molar-refractivity contribution is 6.19. The molecule has 1 aliphatic carbocycles. The topological polar surface area (TPSA) is 12.4 Å². The molecule has 2 rings (SSSR count). The highest BCUT2D eigenvalue weighted by Crippen LogP contribution is 2.49. The van der Waals surface area contributed by atoms with Gasteiger partial charge in [0, 0.05) is 11.6 Å². The molecule has 44 valence electrons. The van der Waals surface area contributed by atoms with Crippen LogP contribution in [0.5, 0.6) is 0 Å². The summed E-state index contributed by atoms with van der Waals surface area (Å²) in [6, 6.07) is 0.755. The zero-order valence-electron chi connectivity index (χ0n) is 5.39. The lowest BCUT2D eigenvalue weighted by atomic mass is 10.0. The van der Waals surface area contributed by atoms with E-state index in [2.05, 4.69) is 18.8 Å². The molecule has 3 atom stereocenters. The Bertz CT molecular complexity index is 148. The molecule has 0 N–H and O–H groups in total. The maximum atomic E-state index is 4.17. The highest BCUT2D eigenvalue weighted by atomic mass is 15.1. The van der Waals surface area contributed by atoms with Crippen molar-refractivity contribution in [3.05, 3.63) is 0 Å². The summed E-state index contributed by atoms with van der Waals surface area (Å²) in [7, 11) is 0. The van der Waals surface area contributed by atoms with Crippen molar-refractivity contribution in [2.75, 3.05) is 0 Å². The number of hydrogen-bond acceptors (Lipinski definition) is 1. The molecular formula is C7H11N. The summed E-state index contributed by atoms with van der Waals surface area (Å²) in [5, 5.41) is 0. The Hall–Kier alpha value is -0.330. The molecule has 0 aromatic rings. The Morgan fingerprint density at radius 1 is 1.75 bits per heavy atom. The van der Waals surface area contributed by atoms with Crippen LogP contribution in [-0.4, -0.2) is 11.8 Å². The van der Waals surface area contributed by atoms with Gasteiger partial charge in [0.2, 0.25) is 0 Å². The first kappa shape index (κ1) is 4.54. The Morgan fingerprint density at radius 2 is 2.38 bits per heavy atom. The molecule has 0 amide bonds. The molecule has 0 spiro atoms. The molecule has 0 saturated heterocycles. The van der Waals surface area contributed by atoms with Crippen LogP contribution in [-0.2, 0) is 0 Å². The molecule has 1 fully saturated rings. The second-order valence-corrected chi connectivity index (χ2v) is 2.91. The molecule has 1 saturated carbocycles. The summed E-state index contributed by atoms with van der Waals surface area (Å²) in [6.45, 7) is 4.57. The van der Waals surface area contributed by atoms with Crippen LogP contribution in [0.4, 0.5) is 0 Å². The fourth-order valence-electron chi connectivity index (χ4n) is 1.32. The summed E-state index contributed by atoms with van der Waals surface area (Å²) in [5.74, 6) is 1.84. The van der Waals surface area contributed by atoms with Gasteiger partial charge in [-0.2, -0.15) is 0 Å². The second kappa shape index (κ2) is 1.15. The molecule has 8 heavy (non-hydrogen) atoms. The fraction of sp³-hybridized carbons (Fsp3) is 0.857. The van der Waals surface area contributed by atoms with Crippen LogP contribution in [0.25, 0.3) is 0 Å². The normalized spacial score (nSPS) is 42.5. The molecule has 0 aromatic heterocycles. The molecule has 1 nitrogen and oxygen atoms in total. The lowest BCUT2D eigenvalue weighted by Crippen LogP contribution is -2.01. The molecule has 0 radical (unpaired) electrons. The van der Waals surface area contributed by atoms with Crippen LogP contribution in [0.2, 0.25) is 0 Å². The van der Waals surface area contributed by atoms with Crippen LogP contribution >= 0.6 is 0 Å². The zero-order valence-corrected chi connectivity index (χ0v) is 5.39. The monoisotopic (exact) mass is 109 g/mol.